The highest BCUT2D eigenvalue weighted by atomic mass is 32.2. The zero-order chi connectivity index (χ0) is 23.6. The molecule has 5 aliphatic carbocycles. The second kappa shape index (κ2) is 6.93. The molecule has 5 aliphatic rings. The third kappa shape index (κ3) is 2.80. The Bertz CT molecular complexity index is 1220. The predicted molar refractivity (Wildman–Crippen MR) is 124 cm³/mol. The van der Waals surface area contributed by atoms with Crippen LogP contribution in [-0.2, 0) is 28.6 Å². The summed E-state index contributed by atoms with van der Waals surface area (Å²) >= 11 is 0. The number of hydrogen-bond acceptors (Lipinski definition) is 6. The van der Waals surface area contributed by atoms with Crippen molar-refractivity contribution < 1.29 is 25.2 Å². The third-order valence-corrected chi connectivity index (χ3v) is 12.3. The fraction of sp³-hybridized carbons (Fsp3) is 0.538. The average molecular weight is 501 g/mol. The van der Waals surface area contributed by atoms with Crippen molar-refractivity contribution >= 4 is 20.2 Å². The molecular weight excluding hydrogens is 472 g/mol. The van der Waals surface area contributed by atoms with Gasteiger partial charge in [-0.05, 0) is 98.3 Å². The number of rotatable bonds is 6. The predicted octanol–water partition coefficient (Wildman–Crippen LogP) is 3.93. The summed E-state index contributed by atoms with van der Waals surface area (Å²) in [6, 6.07) is 13.6. The smallest absolute Gasteiger partial charge is 0.262 e. The van der Waals surface area contributed by atoms with Crippen LogP contribution in [-0.4, -0.2) is 29.0 Å². The van der Waals surface area contributed by atoms with E-state index in [0.29, 0.717) is 23.7 Å². The molecule has 0 spiro atoms. The Kier molecular flexibility index (Phi) is 4.39. The SMILES string of the molecule is Cc1ccc(S(=O)(=O)OC2[C@@H]3C[C@@H]4C5C3C3C5[C@H](C[C@H]32)C4OS(=O)(=O)c2ccc(C)cc2)cc1. The fourth-order valence-corrected chi connectivity index (χ4v) is 10.9. The first kappa shape index (κ1) is 21.5. The minimum Gasteiger partial charge on any atom is -0.262 e. The molecule has 6 nitrogen and oxygen atoms in total. The zero-order valence-electron chi connectivity index (χ0n) is 19.1. The van der Waals surface area contributed by atoms with E-state index >= 15 is 0 Å². The normalized spacial score (nSPS) is 41.1. The van der Waals surface area contributed by atoms with Gasteiger partial charge in [0, 0.05) is 0 Å². The van der Waals surface area contributed by atoms with Gasteiger partial charge in [-0.1, -0.05) is 35.4 Å². The van der Waals surface area contributed by atoms with E-state index in [0.717, 1.165) is 24.0 Å². The van der Waals surface area contributed by atoms with Gasteiger partial charge in [0.05, 0.1) is 22.0 Å². The quantitative estimate of drug-likeness (QED) is 0.559. The number of aryl methyl sites for hydroxylation is 2. The molecule has 0 bridgehead atoms. The van der Waals surface area contributed by atoms with Crippen LogP contribution >= 0.6 is 0 Å². The second-order valence-electron chi connectivity index (χ2n) is 11.1. The Labute approximate surface area is 200 Å². The van der Waals surface area contributed by atoms with Crippen molar-refractivity contribution in [2.45, 2.75) is 48.7 Å². The molecule has 180 valence electrons. The summed E-state index contributed by atoms with van der Waals surface area (Å²) in [6.45, 7) is 3.85. The summed E-state index contributed by atoms with van der Waals surface area (Å²) in [5.74, 6) is 2.43. The van der Waals surface area contributed by atoms with Crippen molar-refractivity contribution in [2.75, 3.05) is 0 Å². The standard InChI is InChI=1S/C26H28O6S2/c1-13-3-7-15(8-4-13)33(27,28)31-25-17-11-19-23-21(17)22-18(25)12-20(24(22)23)26(19)32-34(29,30)16-9-5-14(2)6-10-16/h3-10,17-26H,11-12H2,1-2H3/t17-,18-,19-,20+,21?,22?,23?,24?,25?,26?/m1/s1. The molecule has 34 heavy (non-hydrogen) atoms. The van der Waals surface area contributed by atoms with Crippen LogP contribution in [0.4, 0.5) is 0 Å². The van der Waals surface area contributed by atoms with E-state index in [2.05, 4.69) is 0 Å². The van der Waals surface area contributed by atoms with Crippen LogP contribution in [0.5, 0.6) is 0 Å². The van der Waals surface area contributed by atoms with Gasteiger partial charge < -0.3 is 0 Å². The van der Waals surface area contributed by atoms with Crippen molar-refractivity contribution in [2.24, 2.45) is 47.3 Å². The Morgan fingerprint density at radius 1 is 0.559 bits per heavy atom. The van der Waals surface area contributed by atoms with Crippen molar-refractivity contribution in [1.82, 2.24) is 0 Å². The molecule has 0 saturated heterocycles. The summed E-state index contributed by atoms with van der Waals surface area (Å²) < 4.78 is 64.3. The van der Waals surface area contributed by atoms with E-state index in [1.807, 2.05) is 13.8 Å². The van der Waals surface area contributed by atoms with Crippen LogP contribution in [0.3, 0.4) is 0 Å². The Hall–Kier alpha value is -1.74. The van der Waals surface area contributed by atoms with Crippen LogP contribution in [0.15, 0.2) is 58.3 Å². The van der Waals surface area contributed by atoms with Crippen LogP contribution in [0.2, 0.25) is 0 Å². The highest BCUT2D eigenvalue weighted by Crippen LogP contribution is 2.80. The number of benzene rings is 2. The lowest BCUT2D eigenvalue weighted by molar-refractivity contribution is 0.0202. The lowest BCUT2D eigenvalue weighted by Gasteiger charge is -2.44. The van der Waals surface area contributed by atoms with E-state index in [9.17, 15) is 16.8 Å². The van der Waals surface area contributed by atoms with Gasteiger partial charge in [0.25, 0.3) is 20.2 Å². The molecule has 6 unspecified atom stereocenters. The molecule has 7 rings (SSSR count). The molecule has 2 aromatic carbocycles. The van der Waals surface area contributed by atoms with Crippen molar-refractivity contribution in [1.29, 1.82) is 0 Å². The van der Waals surface area contributed by atoms with E-state index in [1.165, 1.54) is 0 Å². The zero-order valence-corrected chi connectivity index (χ0v) is 20.7. The fourth-order valence-electron chi connectivity index (χ4n) is 8.57. The molecule has 0 aromatic heterocycles. The molecule has 0 radical (unpaired) electrons. The molecule has 10 atom stereocenters. The summed E-state index contributed by atoms with van der Waals surface area (Å²) in [4.78, 5) is 0.411. The first-order valence-corrected chi connectivity index (χ1v) is 15.0. The topological polar surface area (TPSA) is 86.7 Å². The molecule has 5 fully saturated rings. The lowest BCUT2D eigenvalue weighted by Crippen LogP contribution is -2.41. The maximum absolute atomic E-state index is 13.1. The van der Waals surface area contributed by atoms with Crippen LogP contribution in [0.25, 0.3) is 0 Å². The highest BCUT2D eigenvalue weighted by Gasteiger charge is 2.80. The molecule has 0 aliphatic heterocycles. The second-order valence-corrected chi connectivity index (χ2v) is 14.2. The molecular formula is C26H28O6S2. The van der Waals surface area contributed by atoms with Crippen molar-refractivity contribution in [3.63, 3.8) is 0 Å². The average Bonchev–Trinajstić information content (AvgIpc) is 3.41. The molecule has 0 N–H and O–H groups in total. The molecule has 0 amide bonds. The minimum atomic E-state index is -3.84. The summed E-state index contributed by atoms with van der Waals surface area (Å²) in [6.07, 6.45) is 0.964. The van der Waals surface area contributed by atoms with Crippen molar-refractivity contribution in [3.8, 4) is 0 Å². The molecule has 2 aromatic rings. The monoisotopic (exact) mass is 500 g/mol. The summed E-state index contributed by atoms with van der Waals surface area (Å²) in [5, 5.41) is 0. The van der Waals surface area contributed by atoms with Gasteiger partial charge in [-0.3, -0.25) is 8.37 Å². The largest absolute Gasteiger partial charge is 0.297 e. The van der Waals surface area contributed by atoms with Gasteiger partial charge in [0.1, 0.15) is 0 Å². The lowest BCUT2D eigenvalue weighted by atomic mass is 9.60. The van der Waals surface area contributed by atoms with Gasteiger partial charge in [0.15, 0.2) is 0 Å². The van der Waals surface area contributed by atoms with E-state index in [-0.39, 0.29) is 45.7 Å². The molecule has 5 saturated carbocycles. The van der Waals surface area contributed by atoms with Crippen LogP contribution in [0.1, 0.15) is 24.0 Å². The van der Waals surface area contributed by atoms with Crippen molar-refractivity contribution in [3.05, 3.63) is 59.7 Å². The van der Waals surface area contributed by atoms with Gasteiger partial charge in [-0.25, -0.2) is 0 Å². The molecule has 0 heterocycles. The van der Waals surface area contributed by atoms with Gasteiger partial charge in [0.2, 0.25) is 0 Å². The Balaban J connectivity index is 1.15. The maximum atomic E-state index is 13.1. The first-order valence-electron chi connectivity index (χ1n) is 12.2. The van der Waals surface area contributed by atoms with E-state index in [1.54, 1.807) is 48.5 Å². The van der Waals surface area contributed by atoms with Crippen LogP contribution in [0, 0.1) is 61.2 Å². The Morgan fingerprint density at radius 2 is 0.853 bits per heavy atom. The maximum Gasteiger partial charge on any atom is 0.297 e. The highest BCUT2D eigenvalue weighted by molar-refractivity contribution is 7.87. The first-order chi connectivity index (χ1) is 16.2. The third-order valence-electron chi connectivity index (χ3n) is 9.63. The van der Waals surface area contributed by atoms with Gasteiger partial charge in [-0.15, -0.1) is 0 Å². The van der Waals surface area contributed by atoms with E-state index in [4.69, 9.17) is 8.37 Å². The van der Waals surface area contributed by atoms with Gasteiger partial charge >= 0.3 is 0 Å². The number of hydrogen-bond donors (Lipinski definition) is 0. The Morgan fingerprint density at radius 3 is 1.15 bits per heavy atom. The van der Waals surface area contributed by atoms with Gasteiger partial charge in [-0.2, -0.15) is 16.8 Å². The summed E-state index contributed by atoms with van der Waals surface area (Å²) in [5.41, 5.74) is 2.00. The van der Waals surface area contributed by atoms with E-state index < -0.39 is 20.2 Å². The van der Waals surface area contributed by atoms with Crippen LogP contribution < -0.4 is 0 Å². The summed E-state index contributed by atoms with van der Waals surface area (Å²) in [7, 11) is -7.68. The molecule has 8 heteroatoms. The minimum absolute atomic E-state index is 0.163.